The smallest absolute Gasteiger partial charge is 0.0148 e. The summed E-state index contributed by atoms with van der Waals surface area (Å²) in [6, 6.07) is 0. The van der Waals surface area contributed by atoms with Crippen LogP contribution in [0.2, 0.25) is 0 Å². The summed E-state index contributed by atoms with van der Waals surface area (Å²) >= 11 is 0. The van der Waals surface area contributed by atoms with Crippen molar-refractivity contribution in [3.63, 3.8) is 0 Å². The highest BCUT2D eigenvalue weighted by atomic mass is 14.2. The molecule has 0 rings (SSSR count). The highest BCUT2D eigenvalue weighted by Crippen LogP contribution is 2.31. The molecule has 0 saturated carbocycles. The highest BCUT2D eigenvalue weighted by molar-refractivity contribution is 5.09. The average molecular weight is 140 g/mol. The van der Waals surface area contributed by atoms with E-state index >= 15 is 0 Å². The van der Waals surface area contributed by atoms with Crippen molar-refractivity contribution in [2.45, 2.75) is 47.5 Å². The van der Waals surface area contributed by atoms with Crippen LogP contribution in [0.4, 0.5) is 0 Å². The van der Waals surface area contributed by atoms with Crippen LogP contribution in [0.5, 0.6) is 0 Å². The van der Waals surface area contributed by atoms with E-state index in [2.05, 4.69) is 40.7 Å². The Kier molecular flexibility index (Phi) is 3.70. The van der Waals surface area contributed by atoms with Crippen LogP contribution in [0.3, 0.4) is 0 Å². The Morgan fingerprint density at radius 1 is 1.30 bits per heavy atom. The lowest BCUT2D eigenvalue weighted by molar-refractivity contribution is 0.417. The summed E-state index contributed by atoms with van der Waals surface area (Å²) in [5.74, 6) is 0. The third-order valence-corrected chi connectivity index (χ3v) is 2.48. The van der Waals surface area contributed by atoms with Gasteiger partial charge in [-0.05, 0) is 25.2 Å². The van der Waals surface area contributed by atoms with Crippen molar-refractivity contribution in [1.82, 2.24) is 0 Å². The zero-order chi connectivity index (χ0) is 8.20. The van der Waals surface area contributed by atoms with Crippen LogP contribution in [0, 0.1) is 5.41 Å². The minimum atomic E-state index is 0.420. The van der Waals surface area contributed by atoms with E-state index in [9.17, 15) is 0 Å². The Balaban J connectivity index is 4.28. The van der Waals surface area contributed by atoms with Crippen LogP contribution < -0.4 is 0 Å². The van der Waals surface area contributed by atoms with Crippen LogP contribution in [0.15, 0.2) is 11.6 Å². The van der Waals surface area contributed by atoms with Crippen LogP contribution in [-0.4, -0.2) is 0 Å². The van der Waals surface area contributed by atoms with Crippen molar-refractivity contribution in [3.8, 4) is 0 Å². The molecule has 0 atom stereocenters. The second-order valence-corrected chi connectivity index (χ2v) is 3.40. The molecule has 0 aromatic rings. The first-order chi connectivity index (χ1) is 4.58. The van der Waals surface area contributed by atoms with Gasteiger partial charge in [0.2, 0.25) is 0 Å². The van der Waals surface area contributed by atoms with Gasteiger partial charge in [-0.3, -0.25) is 0 Å². The molecule has 0 fully saturated rings. The molecule has 0 aliphatic rings. The predicted octanol–water partition coefficient (Wildman–Crippen LogP) is 3.78. The van der Waals surface area contributed by atoms with Crippen LogP contribution in [0.25, 0.3) is 0 Å². The van der Waals surface area contributed by atoms with Gasteiger partial charge in [0.1, 0.15) is 0 Å². The molecule has 0 unspecified atom stereocenters. The SMILES string of the molecule is CC=C(CC)C(C)(C)CC. The number of hydrogen-bond acceptors (Lipinski definition) is 0. The van der Waals surface area contributed by atoms with Crippen molar-refractivity contribution in [3.05, 3.63) is 11.6 Å². The summed E-state index contributed by atoms with van der Waals surface area (Å²) in [6.07, 6.45) is 4.68. The first kappa shape index (κ1) is 9.74. The summed E-state index contributed by atoms with van der Waals surface area (Å²) in [7, 11) is 0. The van der Waals surface area contributed by atoms with Gasteiger partial charge in [-0.15, -0.1) is 0 Å². The molecule has 0 heterocycles. The first-order valence-corrected chi connectivity index (χ1v) is 4.24. The van der Waals surface area contributed by atoms with Crippen molar-refractivity contribution in [2.24, 2.45) is 5.41 Å². The van der Waals surface area contributed by atoms with E-state index in [4.69, 9.17) is 0 Å². The summed E-state index contributed by atoms with van der Waals surface area (Å²) < 4.78 is 0. The van der Waals surface area contributed by atoms with Gasteiger partial charge in [0.05, 0.1) is 0 Å². The zero-order valence-corrected chi connectivity index (χ0v) is 7.99. The largest absolute Gasteiger partial charge is 0.0879 e. The maximum Gasteiger partial charge on any atom is -0.0148 e. The van der Waals surface area contributed by atoms with Gasteiger partial charge in [-0.2, -0.15) is 0 Å². The minimum Gasteiger partial charge on any atom is -0.0879 e. The molecular weight excluding hydrogens is 120 g/mol. The summed E-state index contributed by atoms with van der Waals surface area (Å²) in [5, 5.41) is 0. The lowest BCUT2D eigenvalue weighted by Crippen LogP contribution is -2.12. The van der Waals surface area contributed by atoms with E-state index in [-0.39, 0.29) is 0 Å². The quantitative estimate of drug-likeness (QED) is 0.523. The fraction of sp³-hybridized carbons (Fsp3) is 0.800. The Morgan fingerprint density at radius 2 is 1.80 bits per heavy atom. The molecule has 0 aliphatic heterocycles. The Morgan fingerprint density at radius 3 is 1.90 bits per heavy atom. The van der Waals surface area contributed by atoms with E-state index in [1.165, 1.54) is 12.8 Å². The Bertz CT molecular complexity index is 118. The van der Waals surface area contributed by atoms with Gasteiger partial charge >= 0.3 is 0 Å². The third kappa shape index (κ3) is 2.17. The van der Waals surface area contributed by atoms with E-state index < -0.39 is 0 Å². The van der Waals surface area contributed by atoms with Gasteiger partial charge < -0.3 is 0 Å². The predicted molar refractivity (Wildman–Crippen MR) is 48.1 cm³/mol. The molecule has 0 aromatic heterocycles. The van der Waals surface area contributed by atoms with Crippen LogP contribution in [0.1, 0.15) is 47.5 Å². The van der Waals surface area contributed by atoms with E-state index in [1.807, 2.05) is 0 Å². The number of hydrogen-bond donors (Lipinski definition) is 0. The maximum absolute atomic E-state index is 2.31. The van der Waals surface area contributed by atoms with E-state index in [0.717, 1.165) is 0 Å². The molecule has 0 amide bonds. The molecule has 0 heteroatoms. The first-order valence-electron chi connectivity index (χ1n) is 4.24. The van der Waals surface area contributed by atoms with Gasteiger partial charge in [0.25, 0.3) is 0 Å². The van der Waals surface area contributed by atoms with Crippen LogP contribution >= 0.6 is 0 Å². The Labute approximate surface area is 65.3 Å². The van der Waals surface area contributed by atoms with Gasteiger partial charge in [-0.25, -0.2) is 0 Å². The second-order valence-electron chi connectivity index (χ2n) is 3.40. The topological polar surface area (TPSA) is 0 Å². The molecule has 0 nitrogen and oxygen atoms in total. The fourth-order valence-electron chi connectivity index (χ4n) is 1.30. The normalized spacial score (nSPS) is 13.9. The standard InChI is InChI=1S/C10H20/c1-6-9(7-2)10(4,5)8-3/h6H,7-8H2,1-5H3. The van der Waals surface area contributed by atoms with Crippen molar-refractivity contribution >= 4 is 0 Å². The highest BCUT2D eigenvalue weighted by Gasteiger charge is 2.17. The molecule has 60 valence electrons. The third-order valence-electron chi connectivity index (χ3n) is 2.48. The molecule has 0 spiro atoms. The summed E-state index contributed by atoms with van der Waals surface area (Å²) in [4.78, 5) is 0. The molecule has 10 heavy (non-hydrogen) atoms. The summed E-state index contributed by atoms with van der Waals surface area (Å²) in [5.41, 5.74) is 2.00. The molecule has 0 aliphatic carbocycles. The fourth-order valence-corrected chi connectivity index (χ4v) is 1.30. The van der Waals surface area contributed by atoms with Crippen molar-refractivity contribution < 1.29 is 0 Å². The lowest BCUT2D eigenvalue weighted by atomic mass is 9.80. The summed E-state index contributed by atoms with van der Waals surface area (Å²) in [6.45, 7) is 11.2. The Hall–Kier alpha value is -0.260. The maximum atomic E-state index is 2.31. The van der Waals surface area contributed by atoms with Gasteiger partial charge in [0, 0.05) is 0 Å². The molecule has 0 saturated heterocycles. The van der Waals surface area contributed by atoms with Crippen molar-refractivity contribution in [2.75, 3.05) is 0 Å². The van der Waals surface area contributed by atoms with E-state index in [0.29, 0.717) is 5.41 Å². The van der Waals surface area contributed by atoms with Crippen molar-refractivity contribution in [1.29, 1.82) is 0 Å². The molecule has 0 aromatic carbocycles. The van der Waals surface area contributed by atoms with Gasteiger partial charge in [-0.1, -0.05) is 39.3 Å². The average Bonchev–Trinajstić information content (AvgIpc) is 1.90. The van der Waals surface area contributed by atoms with Crippen LogP contribution in [-0.2, 0) is 0 Å². The molecule has 0 bridgehead atoms. The molecular formula is C10H20. The second kappa shape index (κ2) is 3.80. The molecule has 0 N–H and O–H groups in total. The van der Waals surface area contributed by atoms with Gasteiger partial charge in [0.15, 0.2) is 0 Å². The minimum absolute atomic E-state index is 0.420. The number of allylic oxidation sites excluding steroid dienone is 2. The zero-order valence-electron chi connectivity index (χ0n) is 7.99. The number of rotatable bonds is 3. The van der Waals surface area contributed by atoms with E-state index in [1.54, 1.807) is 5.57 Å². The lowest BCUT2D eigenvalue weighted by Gasteiger charge is -2.25. The molecule has 0 radical (unpaired) electrons. The monoisotopic (exact) mass is 140 g/mol.